The average molecular weight is 527 g/mol. The number of nitrogens with zero attached hydrogens (tertiary/aromatic N) is 1. The predicted octanol–water partition coefficient (Wildman–Crippen LogP) is 6.37. The summed E-state index contributed by atoms with van der Waals surface area (Å²) < 4.78 is 14.4. The number of carbonyl (C=O) groups is 2. The van der Waals surface area contributed by atoms with E-state index in [1.165, 1.54) is 6.07 Å². The molecule has 0 radical (unpaired) electrons. The van der Waals surface area contributed by atoms with Gasteiger partial charge in [-0.3, -0.25) is 9.59 Å². The van der Waals surface area contributed by atoms with Crippen LogP contribution in [0.3, 0.4) is 0 Å². The van der Waals surface area contributed by atoms with Gasteiger partial charge in [-0.05, 0) is 47.7 Å². The van der Waals surface area contributed by atoms with Crippen molar-refractivity contribution in [3.63, 3.8) is 0 Å². The van der Waals surface area contributed by atoms with Gasteiger partial charge in [0.15, 0.2) is 0 Å². The fourth-order valence-electron chi connectivity index (χ4n) is 4.66. The van der Waals surface area contributed by atoms with E-state index in [9.17, 15) is 14.0 Å². The van der Waals surface area contributed by atoms with Gasteiger partial charge in [-0.25, -0.2) is 4.39 Å². The van der Waals surface area contributed by atoms with E-state index in [0.717, 1.165) is 36.8 Å². The van der Waals surface area contributed by atoms with Gasteiger partial charge >= 0.3 is 0 Å². The standard InChI is InChI=1S/C29H29Cl2FN2O2/c30-24-15-14-21(16-25(24)31)19-34(28(35)18-22-10-4-7-13-26(22)32)27(17-20-8-2-1-3-9-20)29(36)33-23-11-5-6-12-23/h1-4,7-10,13-16,23,27H,5-6,11-12,17-19H2,(H,33,36)/t27-/m1/s1. The van der Waals surface area contributed by atoms with Crippen molar-refractivity contribution in [2.45, 2.75) is 57.2 Å². The third kappa shape index (κ3) is 6.86. The van der Waals surface area contributed by atoms with Crippen molar-refractivity contribution >= 4 is 35.0 Å². The molecule has 3 aromatic rings. The van der Waals surface area contributed by atoms with Crippen molar-refractivity contribution in [2.75, 3.05) is 0 Å². The van der Waals surface area contributed by atoms with Crippen LogP contribution < -0.4 is 5.32 Å². The Morgan fingerprint density at radius 1 is 0.917 bits per heavy atom. The Hall–Kier alpha value is -2.89. The molecule has 7 heteroatoms. The first-order chi connectivity index (χ1) is 17.4. The monoisotopic (exact) mass is 526 g/mol. The molecular weight excluding hydrogens is 498 g/mol. The van der Waals surface area contributed by atoms with E-state index in [0.29, 0.717) is 16.5 Å². The van der Waals surface area contributed by atoms with Gasteiger partial charge < -0.3 is 10.2 Å². The van der Waals surface area contributed by atoms with Crippen molar-refractivity contribution in [3.8, 4) is 0 Å². The highest BCUT2D eigenvalue weighted by Crippen LogP contribution is 2.25. The number of hydrogen-bond donors (Lipinski definition) is 1. The Balaban J connectivity index is 1.68. The van der Waals surface area contributed by atoms with Crippen LogP contribution >= 0.6 is 23.2 Å². The van der Waals surface area contributed by atoms with Crippen LogP contribution in [0.2, 0.25) is 10.0 Å². The second kappa shape index (κ2) is 12.4. The van der Waals surface area contributed by atoms with Gasteiger partial charge in [-0.1, -0.05) is 90.6 Å². The van der Waals surface area contributed by atoms with Crippen molar-refractivity contribution in [2.24, 2.45) is 0 Å². The molecule has 0 saturated heterocycles. The molecule has 0 aliphatic heterocycles. The summed E-state index contributed by atoms with van der Waals surface area (Å²) in [5.74, 6) is -0.989. The van der Waals surface area contributed by atoms with Crippen LogP contribution in [0, 0.1) is 5.82 Å². The molecule has 1 N–H and O–H groups in total. The van der Waals surface area contributed by atoms with Crippen LogP contribution in [0.5, 0.6) is 0 Å². The summed E-state index contributed by atoms with van der Waals surface area (Å²) in [5.41, 5.74) is 1.95. The molecule has 0 bridgehead atoms. The van der Waals surface area contributed by atoms with Crippen molar-refractivity contribution in [1.82, 2.24) is 10.2 Å². The van der Waals surface area contributed by atoms with Crippen LogP contribution in [0.1, 0.15) is 42.4 Å². The van der Waals surface area contributed by atoms with Crippen molar-refractivity contribution in [3.05, 3.63) is 105 Å². The molecule has 1 saturated carbocycles. The van der Waals surface area contributed by atoms with Crippen molar-refractivity contribution in [1.29, 1.82) is 0 Å². The van der Waals surface area contributed by atoms with Gasteiger partial charge in [-0.2, -0.15) is 0 Å². The van der Waals surface area contributed by atoms with Crippen molar-refractivity contribution < 1.29 is 14.0 Å². The van der Waals surface area contributed by atoms with Crippen LogP contribution in [-0.4, -0.2) is 28.8 Å². The molecule has 4 nitrogen and oxygen atoms in total. The van der Waals surface area contributed by atoms with Gasteiger partial charge in [0, 0.05) is 19.0 Å². The molecule has 3 aromatic carbocycles. The van der Waals surface area contributed by atoms with Gasteiger partial charge in [0.25, 0.3) is 0 Å². The Morgan fingerprint density at radius 3 is 2.31 bits per heavy atom. The average Bonchev–Trinajstić information content (AvgIpc) is 3.38. The normalized spacial score (nSPS) is 14.4. The van der Waals surface area contributed by atoms with E-state index in [1.807, 2.05) is 30.3 Å². The van der Waals surface area contributed by atoms with Gasteiger partial charge in [0.05, 0.1) is 16.5 Å². The van der Waals surface area contributed by atoms with E-state index in [4.69, 9.17) is 23.2 Å². The van der Waals surface area contributed by atoms with E-state index in [2.05, 4.69) is 5.32 Å². The summed E-state index contributed by atoms with van der Waals surface area (Å²) in [6, 6.07) is 20.3. The molecule has 1 atom stereocenters. The zero-order chi connectivity index (χ0) is 25.5. The second-order valence-corrected chi connectivity index (χ2v) is 10.0. The molecule has 1 fully saturated rings. The number of hydrogen-bond acceptors (Lipinski definition) is 2. The van der Waals surface area contributed by atoms with Crippen LogP contribution in [0.4, 0.5) is 4.39 Å². The van der Waals surface area contributed by atoms with E-state index < -0.39 is 11.9 Å². The highest BCUT2D eigenvalue weighted by Gasteiger charge is 2.32. The second-order valence-electron chi connectivity index (χ2n) is 9.23. The molecular formula is C29H29Cl2FN2O2. The van der Waals surface area contributed by atoms with Gasteiger partial charge in [-0.15, -0.1) is 0 Å². The summed E-state index contributed by atoms with van der Waals surface area (Å²) in [7, 11) is 0. The van der Waals surface area contributed by atoms with E-state index in [-0.39, 0.29) is 36.4 Å². The summed E-state index contributed by atoms with van der Waals surface area (Å²) >= 11 is 12.4. The van der Waals surface area contributed by atoms with Crippen LogP contribution in [-0.2, 0) is 29.0 Å². The highest BCUT2D eigenvalue weighted by molar-refractivity contribution is 6.42. The highest BCUT2D eigenvalue weighted by atomic mass is 35.5. The lowest BCUT2D eigenvalue weighted by Gasteiger charge is -2.32. The molecule has 1 aliphatic rings. The molecule has 36 heavy (non-hydrogen) atoms. The topological polar surface area (TPSA) is 49.4 Å². The summed E-state index contributed by atoms with van der Waals surface area (Å²) in [5, 5.41) is 3.94. The third-order valence-electron chi connectivity index (χ3n) is 6.61. The quantitative estimate of drug-likeness (QED) is 0.352. The number of nitrogens with one attached hydrogen (secondary N) is 1. The largest absolute Gasteiger partial charge is 0.352 e. The molecule has 0 heterocycles. The zero-order valence-electron chi connectivity index (χ0n) is 19.9. The minimum absolute atomic E-state index is 0.101. The summed E-state index contributed by atoms with van der Waals surface area (Å²) in [6.07, 6.45) is 4.19. The Morgan fingerprint density at radius 2 is 1.61 bits per heavy atom. The Kier molecular flexibility index (Phi) is 9.00. The molecule has 4 rings (SSSR count). The Bertz CT molecular complexity index is 1200. The Labute approximate surface area is 221 Å². The molecule has 188 valence electrons. The maximum atomic E-state index is 14.4. The fourth-order valence-corrected chi connectivity index (χ4v) is 4.98. The minimum atomic E-state index is -0.776. The number of rotatable bonds is 9. The predicted molar refractivity (Wildman–Crippen MR) is 141 cm³/mol. The van der Waals surface area contributed by atoms with E-state index in [1.54, 1.807) is 41.3 Å². The first kappa shape index (κ1) is 26.2. The maximum Gasteiger partial charge on any atom is 0.243 e. The number of halogens is 3. The lowest BCUT2D eigenvalue weighted by Crippen LogP contribution is -2.52. The number of benzene rings is 3. The molecule has 0 spiro atoms. The minimum Gasteiger partial charge on any atom is -0.352 e. The molecule has 0 aromatic heterocycles. The van der Waals surface area contributed by atoms with Crippen LogP contribution in [0.15, 0.2) is 72.8 Å². The maximum absolute atomic E-state index is 14.4. The van der Waals surface area contributed by atoms with Gasteiger partial charge in [0.2, 0.25) is 11.8 Å². The number of carbonyl (C=O) groups excluding carboxylic acids is 2. The first-order valence-corrected chi connectivity index (χ1v) is 13.0. The molecule has 2 amide bonds. The number of amides is 2. The smallest absolute Gasteiger partial charge is 0.243 e. The molecule has 1 aliphatic carbocycles. The molecule has 0 unspecified atom stereocenters. The van der Waals surface area contributed by atoms with Gasteiger partial charge in [0.1, 0.15) is 11.9 Å². The third-order valence-corrected chi connectivity index (χ3v) is 7.35. The summed E-state index contributed by atoms with van der Waals surface area (Å²) in [6.45, 7) is 0.139. The lowest BCUT2D eigenvalue weighted by molar-refractivity contribution is -0.141. The summed E-state index contributed by atoms with van der Waals surface area (Å²) in [4.78, 5) is 28.9. The zero-order valence-corrected chi connectivity index (χ0v) is 21.4. The lowest BCUT2D eigenvalue weighted by atomic mass is 10.0. The fraction of sp³-hybridized carbons (Fsp3) is 0.310. The van der Waals surface area contributed by atoms with Crippen LogP contribution in [0.25, 0.3) is 0 Å². The van der Waals surface area contributed by atoms with E-state index >= 15 is 0 Å². The first-order valence-electron chi connectivity index (χ1n) is 12.2. The SMILES string of the molecule is O=C(NC1CCCC1)[C@@H](Cc1ccccc1)N(Cc1ccc(Cl)c(Cl)c1)C(=O)Cc1ccccc1F.